The van der Waals surface area contributed by atoms with E-state index in [1.54, 1.807) is 0 Å². The van der Waals surface area contributed by atoms with Gasteiger partial charge in [0.25, 0.3) is 0 Å². The molecule has 6 heteroatoms. The minimum Gasteiger partial charge on any atom is -0.489 e. The van der Waals surface area contributed by atoms with Gasteiger partial charge >= 0.3 is 0 Å². The van der Waals surface area contributed by atoms with Crippen LogP contribution in [0.3, 0.4) is 0 Å². The fraction of sp³-hybridized carbons (Fsp3) is 0.538. The summed E-state index contributed by atoms with van der Waals surface area (Å²) >= 11 is 3.45. The zero-order valence-electron chi connectivity index (χ0n) is 11.0. The zero-order valence-corrected chi connectivity index (χ0v) is 13.4. The van der Waals surface area contributed by atoms with Crippen LogP contribution in [0.1, 0.15) is 24.9 Å². The topological polar surface area (TPSA) is 55.4 Å². The van der Waals surface area contributed by atoms with Crippen LogP contribution in [0.5, 0.6) is 5.75 Å². The third-order valence-electron chi connectivity index (χ3n) is 3.36. The molecule has 1 fully saturated rings. The van der Waals surface area contributed by atoms with E-state index < -0.39 is 9.84 Å². The normalized spacial score (nSPS) is 23.2. The fourth-order valence-corrected chi connectivity index (χ4v) is 4.12. The van der Waals surface area contributed by atoms with E-state index in [-0.39, 0.29) is 23.7 Å². The Morgan fingerprint density at radius 2 is 2.21 bits per heavy atom. The number of halogens is 1. The predicted octanol–water partition coefficient (Wildman–Crippen LogP) is 2.30. The van der Waals surface area contributed by atoms with Crippen LogP contribution in [0, 0.1) is 0 Å². The van der Waals surface area contributed by atoms with Crippen molar-refractivity contribution in [3.63, 3.8) is 0 Å². The third kappa shape index (κ3) is 3.70. The summed E-state index contributed by atoms with van der Waals surface area (Å²) in [5.74, 6) is 1.11. The van der Waals surface area contributed by atoms with Crippen molar-refractivity contribution in [2.75, 3.05) is 18.6 Å². The molecule has 0 radical (unpaired) electrons. The van der Waals surface area contributed by atoms with Gasteiger partial charge in [-0.15, -0.1) is 0 Å². The highest BCUT2D eigenvalue weighted by molar-refractivity contribution is 9.10. The van der Waals surface area contributed by atoms with Crippen LogP contribution in [-0.4, -0.2) is 33.1 Å². The van der Waals surface area contributed by atoms with E-state index >= 15 is 0 Å². The standard InChI is InChI=1S/C13H18BrNO3S/c1-9(15-2)12-7-10(14)3-4-13(12)18-11-5-6-19(16,17)8-11/h3-4,7,9,11,15H,5-6,8H2,1-2H3. The maximum Gasteiger partial charge on any atom is 0.154 e. The average Bonchev–Trinajstić information content (AvgIpc) is 2.70. The molecule has 0 bridgehead atoms. The summed E-state index contributed by atoms with van der Waals surface area (Å²) in [6.45, 7) is 2.04. The Balaban J connectivity index is 2.20. The lowest BCUT2D eigenvalue weighted by atomic mass is 10.1. The number of benzene rings is 1. The third-order valence-corrected chi connectivity index (χ3v) is 5.59. The molecule has 4 nitrogen and oxygen atoms in total. The highest BCUT2D eigenvalue weighted by Gasteiger charge is 2.30. The van der Waals surface area contributed by atoms with Crippen molar-refractivity contribution in [2.24, 2.45) is 0 Å². The van der Waals surface area contributed by atoms with Gasteiger partial charge in [-0.05, 0) is 38.6 Å². The Kier molecular flexibility index (Phi) is 4.53. The van der Waals surface area contributed by atoms with E-state index in [1.807, 2.05) is 32.2 Å². The first kappa shape index (κ1) is 14.8. The average molecular weight is 348 g/mol. The van der Waals surface area contributed by atoms with Crippen LogP contribution in [-0.2, 0) is 9.84 Å². The van der Waals surface area contributed by atoms with Crippen molar-refractivity contribution < 1.29 is 13.2 Å². The first-order valence-electron chi connectivity index (χ1n) is 6.25. The summed E-state index contributed by atoms with van der Waals surface area (Å²) in [7, 11) is -1.03. The van der Waals surface area contributed by atoms with E-state index in [2.05, 4.69) is 21.2 Å². The van der Waals surface area contributed by atoms with Gasteiger partial charge in [0, 0.05) is 16.1 Å². The van der Waals surface area contributed by atoms with Crippen LogP contribution in [0.15, 0.2) is 22.7 Å². The minimum atomic E-state index is -2.91. The van der Waals surface area contributed by atoms with Gasteiger partial charge in [-0.1, -0.05) is 15.9 Å². The Labute approximate surface area is 122 Å². The molecule has 1 aromatic carbocycles. The van der Waals surface area contributed by atoms with E-state index in [4.69, 9.17) is 4.74 Å². The first-order chi connectivity index (χ1) is 8.91. The summed E-state index contributed by atoms with van der Waals surface area (Å²) in [5, 5.41) is 3.17. The second-order valence-corrected chi connectivity index (χ2v) is 7.98. The zero-order chi connectivity index (χ0) is 14.0. The molecule has 0 amide bonds. The molecule has 0 aromatic heterocycles. The van der Waals surface area contributed by atoms with Crippen LogP contribution in [0.2, 0.25) is 0 Å². The van der Waals surface area contributed by atoms with Crippen LogP contribution in [0.25, 0.3) is 0 Å². The molecular weight excluding hydrogens is 330 g/mol. The Hall–Kier alpha value is -0.590. The van der Waals surface area contributed by atoms with Crippen LogP contribution < -0.4 is 10.1 Å². The van der Waals surface area contributed by atoms with Crippen molar-refractivity contribution in [2.45, 2.75) is 25.5 Å². The lowest BCUT2D eigenvalue weighted by Crippen LogP contribution is -2.20. The van der Waals surface area contributed by atoms with E-state index in [0.717, 1.165) is 15.8 Å². The molecule has 1 aliphatic rings. The monoisotopic (exact) mass is 347 g/mol. The molecule has 1 heterocycles. The van der Waals surface area contributed by atoms with Gasteiger partial charge in [0.05, 0.1) is 11.5 Å². The van der Waals surface area contributed by atoms with Crippen molar-refractivity contribution in [3.05, 3.63) is 28.2 Å². The highest BCUT2D eigenvalue weighted by Crippen LogP contribution is 2.30. The number of ether oxygens (including phenoxy) is 1. The summed E-state index contributed by atoms with van der Waals surface area (Å²) in [6.07, 6.45) is 0.347. The van der Waals surface area contributed by atoms with Gasteiger partial charge < -0.3 is 10.1 Å². The molecule has 1 saturated heterocycles. The van der Waals surface area contributed by atoms with Crippen LogP contribution >= 0.6 is 15.9 Å². The molecule has 1 aromatic rings. The molecular formula is C13H18BrNO3S. The molecule has 1 N–H and O–H groups in total. The smallest absolute Gasteiger partial charge is 0.154 e. The number of hydrogen-bond acceptors (Lipinski definition) is 4. The van der Waals surface area contributed by atoms with E-state index in [1.165, 1.54) is 0 Å². The number of hydrogen-bond donors (Lipinski definition) is 1. The van der Waals surface area contributed by atoms with E-state index in [9.17, 15) is 8.42 Å². The molecule has 0 saturated carbocycles. The van der Waals surface area contributed by atoms with Crippen LogP contribution in [0.4, 0.5) is 0 Å². The summed E-state index contributed by atoms with van der Waals surface area (Å²) < 4.78 is 29.8. The number of rotatable bonds is 4. The molecule has 19 heavy (non-hydrogen) atoms. The van der Waals surface area contributed by atoms with Gasteiger partial charge in [-0.2, -0.15) is 0 Å². The Bertz CT molecular complexity index is 559. The molecule has 2 atom stereocenters. The predicted molar refractivity (Wildman–Crippen MR) is 79.3 cm³/mol. The Morgan fingerprint density at radius 3 is 2.79 bits per heavy atom. The summed E-state index contributed by atoms with van der Waals surface area (Å²) in [6, 6.07) is 5.94. The second-order valence-electron chi connectivity index (χ2n) is 4.84. The van der Waals surface area contributed by atoms with Gasteiger partial charge in [0.2, 0.25) is 0 Å². The van der Waals surface area contributed by atoms with Gasteiger partial charge in [0.1, 0.15) is 11.9 Å². The number of nitrogens with one attached hydrogen (secondary N) is 1. The Morgan fingerprint density at radius 1 is 1.47 bits per heavy atom. The molecule has 2 rings (SSSR count). The van der Waals surface area contributed by atoms with Crippen molar-refractivity contribution in [1.29, 1.82) is 0 Å². The molecule has 0 spiro atoms. The van der Waals surface area contributed by atoms with Crippen molar-refractivity contribution >= 4 is 25.8 Å². The summed E-state index contributed by atoms with van der Waals surface area (Å²) in [4.78, 5) is 0. The SMILES string of the molecule is CNC(C)c1cc(Br)ccc1OC1CCS(=O)(=O)C1. The lowest BCUT2D eigenvalue weighted by Gasteiger charge is -2.19. The highest BCUT2D eigenvalue weighted by atomic mass is 79.9. The minimum absolute atomic E-state index is 0.121. The van der Waals surface area contributed by atoms with Gasteiger partial charge in [-0.3, -0.25) is 0 Å². The van der Waals surface area contributed by atoms with Gasteiger partial charge in [-0.25, -0.2) is 8.42 Å². The molecule has 1 aliphatic heterocycles. The molecule has 2 unspecified atom stereocenters. The maximum absolute atomic E-state index is 11.5. The largest absolute Gasteiger partial charge is 0.489 e. The first-order valence-corrected chi connectivity index (χ1v) is 8.86. The second kappa shape index (κ2) is 5.81. The lowest BCUT2D eigenvalue weighted by molar-refractivity contribution is 0.225. The summed E-state index contributed by atoms with van der Waals surface area (Å²) in [5.41, 5.74) is 1.03. The van der Waals surface area contributed by atoms with E-state index in [0.29, 0.717) is 6.42 Å². The quantitative estimate of drug-likeness (QED) is 0.907. The molecule has 106 valence electrons. The van der Waals surface area contributed by atoms with Gasteiger partial charge in [0.15, 0.2) is 9.84 Å². The molecule has 0 aliphatic carbocycles. The van der Waals surface area contributed by atoms with Crippen molar-refractivity contribution in [1.82, 2.24) is 5.32 Å². The fourth-order valence-electron chi connectivity index (χ4n) is 2.15. The maximum atomic E-state index is 11.5. The number of sulfone groups is 1. The van der Waals surface area contributed by atoms with Crippen molar-refractivity contribution in [3.8, 4) is 5.75 Å².